The molecule has 2 atom stereocenters. The highest BCUT2D eigenvalue weighted by Crippen LogP contribution is 2.35. The van der Waals surface area contributed by atoms with Gasteiger partial charge in [-0.15, -0.1) is 0 Å². The number of carbonyl (C=O) groups is 1. The molecular weight excluding hydrogens is 390 g/mol. The SMILES string of the molecule is CN1CCC2(COc3c(cn(C)c3C(=O)Nc3ccc(F)c(F)c3)S(=O)N2)C1. The Labute approximate surface area is 163 Å². The number of hydrogen-bond donors (Lipinski definition) is 2. The largest absolute Gasteiger partial charge is 0.488 e. The molecule has 1 fully saturated rings. The van der Waals surface area contributed by atoms with Crippen molar-refractivity contribution in [2.24, 2.45) is 7.05 Å². The van der Waals surface area contributed by atoms with Crippen molar-refractivity contribution in [1.29, 1.82) is 0 Å². The Bertz CT molecular complexity index is 980. The van der Waals surface area contributed by atoms with Gasteiger partial charge in [0.25, 0.3) is 5.91 Å². The van der Waals surface area contributed by atoms with Gasteiger partial charge in [0.05, 0.1) is 5.54 Å². The lowest BCUT2D eigenvalue weighted by atomic mass is 10.0. The summed E-state index contributed by atoms with van der Waals surface area (Å²) >= 11 is 0. The third kappa shape index (κ3) is 3.31. The van der Waals surface area contributed by atoms with Gasteiger partial charge in [-0.2, -0.15) is 0 Å². The second-order valence-electron chi connectivity index (χ2n) is 7.29. The number of hydrogen-bond acceptors (Lipinski definition) is 4. The van der Waals surface area contributed by atoms with Crippen LogP contribution in [0.5, 0.6) is 5.75 Å². The van der Waals surface area contributed by atoms with Crippen LogP contribution in [-0.2, 0) is 18.0 Å². The van der Waals surface area contributed by atoms with E-state index in [2.05, 4.69) is 14.9 Å². The van der Waals surface area contributed by atoms with E-state index in [1.54, 1.807) is 13.2 Å². The molecule has 2 N–H and O–H groups in total. The zero-order valence-electron chi connectivity index (χ0n) is 15.4. The van der Waals surface area contributed by atoms with E-state index in [0.29, 0.717) is 11.4 Å². The highest BCUT2D eigenvalue weighted by Gasteiger charge is 2.43. The van der Waals surface area contributed by atoms with E-state index in [9.17, 15) is 17.8 Å². The van der Waals surface area contributed by atoms with Crippen molar-refractivity contribution in [3.05, 3.63) is 41.7 Å². The zero-order valence-corrected chi connectivity index (χ0v) is 16.2. The summed E-state index contributed by atoms with van der Waals surface area (Å²) < 4.78 is 50.0. The molecule has 7 nitrogen and oxygen atoms in total. The molecule has 0 bridgehead atoms. The van der Waals surface area contributed by atoms with Crippen molar-refractivity contribution in [1.82, 2.24) is 14.2 Å². The number of amides is 1. The third-order valence-electron chi connectivity index (χ3n) is 5.04. The molecule has 1 amide bonds. The number of aryl methyl sites for hydroxylation is 1. The summed E-state index contributed by atoms with van der Waals surface area (Å²) in [4.78, 5) is 15.3. The molecule has 150 valence electrons. The summed E-state index contributed by atoms with van der Waals surface area (Å²) in [6.07, 6.45) is 2.36. The Morgan fingerprint density at radius 3 is 2.79 bits per heavy atom. The number of aromatic nitrogens is 1. The smallest absolute Gasteiger partial charge is 0.276 e. The molecule has 3 heterocycles. The lowest BCUT2D eigenvalue weighted by molar-refractivity contribution is 0.101. The Hall–Kier alpha value is -2.30. The maximum Gasteiger partial charge on any atom is 0.276 e. The first kappa shape index (κ1) is 19.0. The number of fused-ring (bicyclic) bond motifs is 1. The highest BCUT2D eigenvalue weighted by molar-refractivity contribution is 7.83. The number of carbonyl (C=O) groups excluding carboxylic acids is 1. The second kappa shape index (κ2) is 6.94. The van der Waals surface area contributed by atoms with E-state index in [1.807, 2.05) is 7.05 Å². The van der Waals surface area contributed by atoms with E-state index in [4.69, 9.17) is 4.74 Å². The minimum atomic E-state index is -1.55. The number of nitrogens with zero attached hydrogens (tertiary/aromatic N) is 2. The van der Waals surface area contributed by atoms with Gasteiger partial charge in [0, 0.05) is 31.5 Å². The molecule has 2 aromatic rings. The van der Waals surface area contributed by atoms with Crippen LogP contribution in [0, 0.1) is 11.6 Å². The van der Waals surface area contributed by atoms with Crippen LogP contribution in [0.3, 0.4) is 0 Å². The predicted octanol–water partition coefficient (Wildman–Crippen LogP) is 1.63. The van der Waals surface area contributed by atoms with Gasteiger partial charge in [-0.3, -0.25) is 4.79 Å². The first-order chi connectivity index (χ1) is 13.3. The van der Waals surface area contributed by atoms with Crippen molar-refractivity contribution < 1.29 is 22.5 Å². The second-order valence-corrected chi connectivity index (χ2v) is 8.47. The first-order valence-corrected chi connectivity index (χ1v) is 9.90. The van der Waals surface area contributed by atoms with Gasteiger partial charge >= 0.3 is 0 Å². The van der Waals surface area contributed by atoms with Crippen LogP contribution >= 0.6 is 0 Å². The van der Waals surface area contributed by atoms with Crippen molar-refractivity contribution in [2.75, 3.05) is 32.1 Å². The van der Waals surface area contributed by atoms with Gasteiger partial charge < -0.3 is 19.5 Å². The molecule has 10 heteroatoms. The minimum Gasteiger partial charge on any atom is -0.488 e. The summed E-state index contributed by atoms with van der Waals surface area (Å²) in [7, 11) is 2.07. The lowest BCUT2D eigenvalue weighted by Gasteiger charge is -2.26. The number of benzene rings is 1. The molecule has 4 rings (SSSR count). The molecule has 0 aliphatic carbocycles. The van der Waals surface area contributed by atoms with Crippen LogP contribution in [0.1, 0.15) is 16.9 Å². The van der Waals surface area contributed by atoms with Crippen LogP contribution in [0.15, 0.2) is 29.3 Å². The number of nitrogens with one attached hydrogen (secondary N) is 2. The molecule has 1 saturated heterocycles. The maximum absolute atomic E-state index is 13.4. The van der Waals surface area contributed by atoms with Crippen molar-refractivity contribution in [3.8, 4) is 5.75 Å². The molecule has 1 spiro atoms. The molecule has 0 saturated carbocycles. The summed E-state index contributed by atoms with van der Waals surface area (Å²) in [6.45, 7) is 1.81. The summed E-state index contributed by atoms with van der Waals surface area (Å²) in [5.41, 5.74) is -0.170. The molecule has 2 aliphatic rings. The van der Waals surface area contributed by atoms with E-state index >= 15 is 0 Å². The molecule has 2 unspecified atom stereocenters. The Morgan fingerprint density at radius 2 is 2.11 bits per heavy atom. The Balaban J connectivity index is 1.63. The monoisotopic (exact) mass is 410 g/mol. The van der Waals surface area contributed by atoms with Crippen LogP contribution in [0.2, 0.25) is 0 Å². The van der Waals surface area contributed by atoms with Crippen LogP contribution in [0.25, 0.3) is 0 Å². The first-order valence-electron chi connectivity index (χ1n) is 8.75. The Morgan fingerprint density at radius 1 is 1.32 bits per heavy atom. The molecule has 28 heavy (non-hydrogen) atoms. The molecule has 2 aliphatic heterocycles. The maximum atomic E-state index is 13.4. The average molecular weight is 410 g/mol. The topological polar surface area (TPSA) is 75.6 Å². The average Bonchev–Trinajstić information content (AvgIpc) is 3.12. The number of anilines is 1. The number of ether oxygens (including phenoxy) is 1. The van der Waals surface area contributed by atoms with Gasteiger partial charge in [-0.05, 0) is 32.1 Å². The van der Waals surface area contributed by atoms with Crippen molar-refractivity contribution in [2.45, 2.75) is 16.9 Å². The van der Waals surface area contributed by atoms with Gasteiger partial charge in [0.2, 0.25) is 0 Å². The molecular formula is C18H20F2N4O3S. The van der Waals surface area contributed by atoms with Crippen molar-refractivity contribution >= 4 is 22.6 Å². The number of likely N-dealkylation sites (N-methyl/N-ethyl adjacent to an activating group) is 1. The van der Waals surface area contributed by atoms with Gasteiger partial charge in [0.1, 0.15) is 22.5 Å². The summed E-state index contributed by atoms with van der Waals surface area (Å²) in [5, 5.41) is 2.53. The lowest BCUT2D eigenvalue weighted by Crippen LogP contribution is -2.51. The molecule has 1 aromatic carbocycles. The summed E-state index contributed by atoms with van der Waals surface area (Å²) in [5.74, 6) is -2.38. The normalized spacial score (nSPS) is 24.6. The molecule has 0 radical (unpaired) electrons. The van der Waals surface area contributed by atoms with E-state index in [0.717, 1.165) is 25.1 Å². The van der Waals surface area contributed by atoms with Crippen LogP contribution < -0.4 is 14.8 Å². The standard InChI is InChI=1S/C18H20F2N4O3S/c1-23-6-5-18(9-23)10-27-16-14(28(26)22-18)8-24(2)15(16)17(25)21-11-3-4-12(19)13(20)7-11/h3-4,7-8,22H,5-6,9-10H2,1-2H3,(H,21,25). The Kier molecular flexibility index (Phi) is 4.72. The van der Waals surface area contributed by atoms with Gasteiger partial charge in [0.15, 0.2) is 23.1 Å². The van der Waals surface area contributed by atoms with E-state index in [1.165, 1.54) is 10.6 Å². The highest BCUT2D eigenvalue weighted by atomic mass is 32.2. The number of rotatable bonds is 2. The fourth-order valence-electron chi connectivity index (χ4n) is 3.65. The number of halogens is 2. The van der Waals surface area contributed by atoms with E-state index < -0.39 is 34.1 Å². The van der Waals surface area contributed by atoms with Gasteiger partial charge in [-0.25, -0.2) is 17.7 Å². The van der Waals surface area contributed by atoms with Crippen molar-refractivity contribution in [3.63, 3.8) is 0 Å². The third-order valence-corrected chi connectivity index (χ3v) is 6.35. The quantitative estimate of drug-likeness (QED) is 0.789. The van der Waals surface area contributed by atoms with Crippen LogP contribution in [0.4, 0.5) is 14.5 Å². The predicted molar refractivity (Wildman–Crippen MR) is 99.6 cm³/mol. The summed E-state index contributed by atoms with van der Waals surface area (Å²) in [6, 6.07) is 3.10. The number of likely N-dealkylation sites (tertiary alicyclic amines) is 1. The fourth-order valence-corrected chi connectivity index (χ4v) is 4.95. The molecule has 1 aromatic heterocycles. The van der Waals surface area contributed by atoms with E-state index in [-0.39, 0.29) is 23.7 Å². The van der Waals surface area contributed by atoms with Gasteiger partial charge in [-0.1, -0.05) is 0 Å². The fraction of sp³-hybridized carbons (Fsp3) is 0.389. The minimum absolute atomic E-state index is 0.112. The van der Waals surface area contributed by atoms with Crippen LogP contribution in [-0.4, -0.2) is 51.9 Å². The zero-order chi connectivity index (χ0) is 20.1.